The summed E-state index contributed by atoms with van der Waals surface area (Å²) < 4.78 is 10.9. The minimum absolute atomic E-state index is 0.135. The number of anilines is 1. The van der Waals surface area contributed by atoms with E-state index < -0.39 is 0 Å². The number of rotatable bonds is 8. The molecule has 26 heavy (non-hydrogen) atoms. The van der Waals surface area contributed by atoms with Crippen LogP contribution in [0.15, 0.2) is 36.4 Å². The molecule has 0 spiro atoms. The average molecular weight is 398 g/mol. The van der Waals surface area contributed by atoms with Gasteiger partial charge in [-0.3, -0.25) is 4.79 Å². The molecule has 0 bridgehead atoms. The molecule has 0 aliphatic heterocycles. The van der Waals surface area contributed by atoms with Crippen LogP contribution in [0.1, 0.15) is 12.5 Å². The van der Waals surface area contributed by atoms with Crippen molar-refractivity contribution in [1.29, 1.82) is 0 Å². The number of methoxy groups -OCH3 is 1. The van der Waals surface area contributed by atoms with E-state index in [0.29, 0.717) is 46.9 Å². The Labute approximate surface area is 163 Å². The number of hydrogen-bond donors (Lipinski definition) is 2. The number of likely N-dealkylation sites (N-methyl/N-ethyl adjacent to an activating group) is 1. The largest absolute Gasteiger partial charge is 0.493 e. The van der Waals surface area contributed by atoms with Gasteiger partial charge in [0.2, 0.25) is 0 Å². The Morgan fingerprint density at radius 3 is 2.65 bits per heavy atom. The lowest BCUT2D eigenvalue weighted by atomic mass is 10.2. The Morgan fingerprint density at radius 2 is 1.96 bits per heavy atom. The predicted octanol–water partition coefficient (Wildman–Crippen LogP) is 3.05. The fourth-order valence-electron chi connectivity index (χ4n) is 2.58. The number of halogens is 2. The second-order valence-electron chi connectivity index (χ2n) is 5.88. The fraction of sp³-hybridized carbons (Fsp3) is 0.316. The van der Waals surface area contributed by atoms with Crippen LogP contribution in [0, 0.1) is 0 Å². The van der Waals surface area contributed by atoms with Gasteiger partial charge in [0, 0.05) is 5.56 Å². The molecule has 7 heteroatoms. The summed E-state index contributed by atoms with van der Waals surface area (Å²) in [6.45, 7) is 3.46. The van der Waals surface area contributed by atoms with Crippen molar-refractivity contribution < 1.29 is 19.2 Å². The van der Waals surface area contributed by atoms with E-state index in [1.807, 2.05) is 32.2 Å². The molecule has 2 N–H and O–H groups in total. The molecule has 0 radical (unpaired) electrons. The molecule has 0 fully saturated rings. The highest BCUT2D eigenvalue weighted by Gasteiger charge is 2.14. The molecule has 0 aromatic heterocycles. The molecule has 1 amide bonds. The second kappa shape index (κ2) is 9.67. The van der Waals surface area contributed by atoms with Crippen molar-refractivity contribution in [3.63, 3.8) is 0 Å². The van der Waals surface area contributed by atoms with Crippen molar-refractivity contribution in [1.82, 2.24) is 0 Å². The Kier molecular flexibility index (Phi) is 7.57. The summed E-state index contributed by atoms with van der Waals surface area (Å²) in [5.74, 6) is 1.27. The van der Waals surface area contributed by atoms with Crippen LogP contribution in [0.4, 0.5) is 5.69 Å². The van der Waals surface area contributed by atoms with Crippen LogP contribution in [0.5, 0.6) is 11.5 Å². The van der Waals surface area contributed by atoms with Crippen LogP contribution in [-0.4, -0.2) is 33.2 Å². The van der Waals surface area contributed by atoms with E-state index in [4.69, 9.17) is 32.7 Å². The molecular weight excluding hydrogens is 375 g/mol. The number of ether oxygens (including phenoxy) is 2. The topological polar surface area (TPSA) is 52.0 Å². The number of hydrogen-bond acceptors (Lipinski definition) is 3. The first kappa shape index (κ1) is 20.4. The summed E-state index contributed by atoms with van der Waals surface area (Å²) in [4.78, 5) is 13.3. The molecule has 5 nitrogen and oxygen atoms in total. The van der Waals surface area contributed by atoms with Crippen LogP contribution < -0.4 is 19.7 Å². The van der Waals surface area contributed by atoms with E-state index >= 15 is 0 Å². The third kappa shape index (κ3) is 5.53. The number of benzene rings is 2. The Bertz CT molecular complexity index is 768. The molecular formula is C19H23Cl2N2O3+. The van der Waals surface area contributed by atoms with E-state index in [0.717, 1.165) is 10.5 Å². The predicted molar refractivity (Wildman–Crippen MR) is 105 cm³/mol. The van der Waals surface area contributed by atoms with Gasteiger partial charge in [-0.15, -0.1) is 0 Å². The van der Waals surface area contributed by atoms with Crippen molar-refractivity contribution in [2.45, 2.75) is 13.5 Å². The van der Waals surface area contributed by atoms with Crippen LogP contribution in [0.2, 0.25) is 10.0 Å². The zero-order valence-electron chi connectivity index (χ0n) is 15.1. The van der Waals surface area contributed by atoms with E-state index in [9.17, 15) is 4.79 Å². The average Bonchev–Trinajstić information content (AvgIpc) is 2.60. The highest BCUT2D eigenvalue weighted by molar-refractivity contribution is 6.43. The smallest absolute Gasteiger partial charge is 0.279 e. The zero-order valence-corrected chi connectivity index (χ0v) is 16.6. The summed E-state index contributed by atoms with van der Waals surface area (Å²) in [6, 6.07) is 10.9. The first-order valence-corrected chi connectivity index (χ1v) is 9.05. The van der Waals surface area contributed by atoms with Crippen LogP contribution >= 0.6 is 23.2 Å². The monoisotopic (exact) mass is 397 g/mol. The molecule has 140 valence electrons. The van der Waals surface area contributed by atoms with Crippen molar-refractivity contribution >= 4 is 34.8 Å². The Morgan fingerprint density at radius 1 is 1.19 bits per heavy atom. The third-order valence-electron chi connectivity index (χ3n) is 3.72. The quantitative estimate of drug-likeness (QED) is 0.719. The third-order valence-corrected chi connectivity index (χ3v) is 4.54. The van der Waals surface area contributed by atoms with Crippen molar-refractivity contribution in [3.05, 3.63) is 52.0 Å². The first-order valence-electron chi connectivity index (χ1n) is 8.29. The molecule has 1 atom stereocenters. The summed E-state index contributed by atoms with van der Waals surface area (Å²) >= 11 is 12.1. The lowest BCUT2D eigenvalue weighted by Crippen LogP contribution is -3.08. The number of quaternary nitrogens is 1. The first-order chi connectivity index (χ1) is 12.4. The van der Waals surface area contributed by atoms with Crippen molar-refractivity contribution in [2.24, 2.45) is 0 Å². The van der Waals surface area contributed by atoms with Gasteiger partial charge in [-0.1, -0.05) is 29.3 Å². The van der Waals surface area contributed by atoms with Crippen molar-refractivity contribution in [3.8, 4) is 11.5 Å². The normalized spacial score (nSPS) is 11.7. The molecule has 0 aliphatic carbocycles. The van der Waals surface area contributed by atoms with Crippen LogP contribution in [0.25, 0.3) is 0 Å². The molecule has 0 saturated carbocycles. The maximum absolute atomic E-state index is 12.3. The number of carbonyl (C=O) groups excluding carboxylic acids is 1. The minimum atomic E-state index is -0.135. The summed E-state index contributed by atoms with van der Waals surface area (Å²) in [7, 11) is 3.56. The van der Waals surface area contributed by atoms with Gasteiger partial charge in [-0.2, -0.15) is 0 Å². The summed E-state index contributed by atoms with van der Waals surface area (Å²) in [6.07, 6.45) is 0. The molecule has 2 aromatic carbocycles. The fourth-order valence-corrected chi connectivity index (χ4v) is 2.92. The van der Waals surface area contributed by atoms with E-state index in [1.54, 1.807) is 25.3 Å². The maximum Gasteiger partial charge on any atom is 0.279 e. The zero-order chi connectivity index (χ0) is 19.1. The van der Waals surface area contributed by atoms with Gasteiger partial charge in [0.1, 0.15) is 6.54 Å². The standard InChI is InChI=1S/C19H22Cl2N2O3/c1-4-26-16-9-8-13(10-17(16)25-3)11-23(2)12-18(24)22-15-7-5-6-14(20)19(15)21/h5-10H,4,11-12H2,1-3H3,(H,22,24)/p+1. The van der Waals surface area contributed by atoms with Crippen LogP contribution in [-0.2, 0) is 11.3 Å². The van der Waals surface area contributed by atoms with Gasteiger partial charge in [0.05, 0.1) is 36.5 Å². The Hall–Kier alpha value is -1.95. The second-order valence-corrected chi connectivity index (χ2v) is 6.66. The molecule has 0 saturated heterocycles. The van der Waals surface area contributed by atoms with Gasteiger partial charge in [-0.25, -0.2) is 0 Å². The SMILES string of the molecule is CCOc1ccc(C[NH+](C)CC(=O)Nc2cccc(Cl)c2Cl)cc1OC. The molecule has 2 aromatic rings. The minimum Gasteiger partial charge on any atom is -0.493 e. The van der Waals surface area contributed by atoms with E-state index in [2.05, 4.69) is 5.32 Å². The number of carbonyl (C=O) groups is 1. The van der Waals surface area contributed by atoms with Gasteiger partial charge < -0.3 is 19.7 Å². The molecule has 1 unspecified atom stereocenters. The van der Waals surface area contributed by atoms with Gasteiger partial charge in [0.25, 0.3) is 5.91 Å². The number of amides is 1. The highest BCUT2D eigenvalue weighted by Crippen LogP contribution is 2.29. The van der Waals surface area contributed by atoms with Crippen LogP contribution in [0.3, 0.4) is 0 Å². The summed E-state index contributed by atoms with van der Waals surface area (Å²) in [5, 5.41) is 3.55. The lowest BCUT2D eigenvalue weighted by Gasteiger charge is -2.16. The highest BCUT2D eigenvalue weighted by atomic mass is 35.5. The molecule has 2 rings (SSSR count). The maximum atomic E-state index is 12.3. The van der Waals surface area contributed by atoms with Gasteiger partial charge in [0.15, 0.2) is 18.0 Å². The number of nitrogens with one attached hydrogen (secondary N) is 2. The Balaban J connectivity index is 1.96. The van der Waals surface area contributed by atoms with E-state index in [1.165, 1.54) is 0 Å². The van der Waals surface area contributed by atoms with Gasteiger partial charge in [-0.05, 0) is 37.3 Å². The van der Waals surface area contributed by atoms with Crippen molar-refractivity contribution in [2.75, 3.05) is 32.6 Å². The molecule has 0 aliphatic rings. The van der Waals surface area contributed by atoms with E-state index in [-0.39, 0.29) is 5.91 Å². The molecule has 0 heterocycles. The lowest BCUT2D eigenvalue weighted by molar-refractivity contribution is -0.885. The van der Waals surface area contributed by atoms with Gasteiger partial charge >= 0.3 is 0 Å². The summed E-state index contributed by atoms with van der Waals surface area (Å²) in [5.41, 5.74) is 1.57.